The van der Waals surface area contributed by atoms with Gasteiger partial charge in [0.15, 0.2) is 10.6 Å². The molecule has 14 heteroatoms. The third-order valence-electron chi connectivity index (χ3n) is 9.46. The van der Waals surface area contributed by atoms with Crippen LogP contribution in [0.4, 0.5) is 17.1 Å². The van der Waals surface area contributed by atoms with E-state index in [0.29, 0.717) is 69.1 Å². The predicted octanol–water partition coefficient (Wildman–Crippen LogP) is 7.04. The van der Waals surface area contributed by atoms with Crippen molar-refractivity contribution >= 4 is 50.5 Å². The maximum atomic E-state index is 13.5. The normalized spacial score (nSPS) is 13.3. The summed E-state index contributed by atoms with van der Waals surface area (Å²) in [6.07, 6.45) is 3.03. The number of anilines is 2. The molecule has 0 fully saturated rings. The van der Waals surface area contributed by atoms with E-state index in [0.717, 1.165) is 42.0 Å². The molecule has 4 aromatic carbocycles. The van der Waals surface area contributed by atoms with Crippen molar-refractivity contribution in [3.63, 3.8) is 0 Å². The van der Waals surface area contributed by atoms with E-state index in [1.807, 2.05) is 80.5 Å². The molecule has 0 bridgehead atoms. The van der Waals surface area contributed by atoms with Crippen molar-refractivity contribution in [1.29, 1.82) is 5.26 Å². The number of rotatable bonds is 12. The van der Waals surface area contributed by atoms with Gasteiger partial charge in [-0.15, -0.1) is 0 Å². The number of carbonyl (C=O) groups is 2. The first-order valence-electron chi connectivity index (χ1n) is 17.1. The van der Waals surface area contributed by atoms with Crippen LogP contribution >= 0.6 is 11.3 Å². The molecule has 0 saturated carbocycles. The molecule has 53 heavy (non-hydrogen) atoms. The molecule has 7 rings (SSSR count). The van der Waals surface area contributed by atoms with Gasteiger partial charge in [-0.3, -0.25) is 4.79 Å². The number of benzene rings is 4. The summed E-state index contributed by atoms with van der Waals surface area (Å²) in [6.45, 7) is 0.755. The average molecular weight is 734 g/mol. The monoisotopic (exact) mass is 733 g/mol. The number of hydrogen-bond acceptors (Lipinski definition) is 11. The van der Waals surface area contributed by atoms with Gasteiger partial charge in [0.2, 0.25) is 5.75 Å². The first kappa shape index (κ1) is 35.2. The smallest absolute Gasteiger partial charge is 0.377 e. The van der Waals surface area contributed by atoms with E-state index in [-0.39, 0.29) is 27.3 Å². The lowest BCUT2D eigenvalue weighted by atomic mass is 9.77. The minimum absolute atomic E-state index is 0.0696. The van der Waals surface area contributed by atoms with Crippen LogP contribution in [0.1, 0.15) is 68.1 Å². The Labute approximate surface area is 309 Å². The lowest BCUT2D eigenvalue weighted by Gasteiger charge is -2.37. The maximum Gasteiger partial charge on any atom is 0.377 e. The number of nitriles is 1. The van der Waals surface area contributed by atoms with Gasteiger partial charge in [-0.05, 0) is 67.4 Å². The van der Waals surface area contributed by atoms with Crippen molar-refractivity contribution in [2.75, 3.05) is 51.1 Å². The molecule has 13 nitrogen and oxygen atoms in total. The Balaban J connectivity index is 1.02. The summed E-state index contributed by atoms with van der Waals surface area (Å²) < 4.78 is 19.0. The summed E-state index contributed by atoms with van der Waals surface area (Å²) in [7, 11) is 7.78. The molecule has 2 aliphatic heterocycles. The summed E-state index contributed by atoms with van der Waals surface area (Å²) >= 11 is 1.01. The number of amides is 1. The number of carbonyl (C=O) groups excluding carboxylic acids is 2. The van der Waals surface area contributed by atoms with E-state index in [1.54, 1.807) is 30.3 Å². The molecule has 3 heterocycles. The fourth-order valence-corrected chi connectivity index (χ4v) is 7.65. The number of unbranched alkanes of at least 4 members (excludes halogenated alkanes) is 3. The van der Waals surface area contributed by atoms with Gasteiger partial charge < -0.3 is 29.3 Å². The largest absolute Gasteiger partial charge is 0.487 e. The highest BCUT2D eigenvalue weighted by Crippen LogP contribution is 2.57. The topological polar surface area (TPSA) is 157 Å². The van der Waals surface area contributed by atoms with Gasteiger partial charge in [0.25, 0.3) is 10.8 Å². The van der Waals surface area contributed by atoms with Crippen LogP contribution in [0.25, 0.3) is 10.2 Å². The molecule has 0 saturated heterocycles. The molecule has 2 aliphatic rings. The lowest BCUT2D eigenvalue weighted by Crippen LogP contribution is -2.33. The van der Waals surface area contributed by atoms with Crippen molar-refractivity contribution in [3.05, 3.63) is 104 Å². The van der Waals surface area contributed by atoms with E-state index < -0.39 is 11.6 Å². The van der Waals surface area contributed by atoms with E-state index in [1.165, 1.54) is 0 Å². The van der Waals surface area contributed by atoms with Crippen molar-refractivity contribution in [2.45, 2.75) is 31.3 Å². The minimum atomic E-state index is -1.31. The number of esters is 1. The summed E-state index contributed by atoms with van der Waals surface area (Å²) in [5.41, 5.74) is 3.65. The second-order valence-corrected chi connectivity index (χ2v) is 14.3. The Morgan fingerprint density at radius 3 is 2.26 bits per heavy atom. The van der Waals surface area contributed by atoms with Gasteiger partial charge in [0.1, 0.15) is 22.3 Å². The zero-order chi connectivity index (χ0) is 37.4. The number of hydrogen-bond donors (Lipinski definition) is 2. The first-order valence-corrected chi connectivity index (χ1v) is 17.9. The Morgan fingerprint density at radius 2 is 1.62 bits per heavy atom. The fourth-order valence-electron chi connectivity index (χ4n) is 6.77. The highest BCUT2D eigenvalue weighted by molar-refractivity contribution is 7.19. The standard InChI is InChI=1S/C39H36N6O7S/c1-43(2)24-10-13-27-32(20-24)51-33-21-25(44(3)4)11-14-28(33)39(27)29-19-23(9-12-26(29)38(47)52-39)37(46)41-17-7-5-6-8-18-50-31-16-15-30-36(35(31)45(48)49)53-34(22-40)42-30/h9-16,19-21H,5-8,17-18H2,1-4H3,(H-,41,46,48,49)/p+1. The van der Waals surface area contributed by atoms with Crippen LogP contribution in [0.3, 0.4) is 0 Å². The Hall–Kier alpha value is -6.20. The molecular weight excluding hydrogens is 697 g/mol. The molecule has 0 unspecified atom stereocenters. The van der Waals surface area contributed by atoms with Crippen LogP contribution in [0.5, 0.6) is 17.2 Å². The van der Waals surface area contributed by atoms with E-state index in [9.17, 15) is 19.7 Å². The lowest BCUT2D eigenvalue weighted by molar-refractivity contribution is -0.728. The van der Waals surface area contributed by atoms with E-state index >= 15 is 0 Å². The zero-order valence-corrected chi connectivity index (χ0v) is 30.5. The summed E-state index contributed by atoms with van der Waals surface area (Å²) in [5, 5.41) is 22.0. The number of ether oxygens (including phenoxy) is 3. The third-order valence-corrected chi connectivity index (χ3v) is 10.4. The van der Waals surface area contributed by atoms with Gasteiger partial charge >= 0.3 is 11.7 Å². The molecule has 0 atom stereocenters. The van der Waals surface area contributed by atoms with Crippen LogP contribution in [0.2, 0.25) is 0 Å². The van der Waals surface area contributed by atoms with E-state index in [2.05, 4.69) is 10.3 Å². The zero-order valence-electron chi connectivity index (χ0n) is 29.6. The Kier molecular flexibility index (Phi) is 9.35. The van der Waals surface area contributed by atoms with Crippen LogP contribution in [0.15, 0.2) is 66.7 Å². The van der Waals surface area contributed by atoms with Gasteiger partial charge in [-0.2, -0.15) is 5.26 Å². The van der Waals surface area contributed by atoms with E-state index in [4.69, 9.17) is 19.5 Å². The molecule has 0 radical (unpaired) electrons. The number of thiazole rings is 1. The molecule has 1 spiro atoms. The van der Waals surface area contributed by atoms with Crippen molar-refractivity contribution in [3.8, 4) is 23.3 Å². The molecular formula is C39H37N6O7S+. The highest BCUT2D eigenvalue weighted by Gasteiger charge is 2.54. The second kappa shape index (κ2) is 14.1. The van der Waals surface area contributed by atoms with Gasteiger partial charge in [0, 0.05) is 80.5 Å². The minimum Gasteiger partial charge on any atom is -0.487 e. The number of nitrogens with one attached hydrogen (secondary N) is 1. The second-order valence-electron chi connectivity index (χ2n) is 13.3. The molecule has 0 aliphatic carbocycles. The Morgan fingerprint density at radius 1 is 0.943 bits per heavy atom. The van der Waals surface area contributed by atoms with Crippen LogP contribution in [-0.2, 0) is 10.3 Å². The molecule has 2 N–H and O–H groups in total. The average Bonchev–Trinajstić information content (AvgIpc) is 3.70. The van der Waals surface area contributed by atoms with Gasteiger partial charge in [-0.1, -0.05) is 24.2 Å². The van der Waals surface area contributed by atoms with Crippen molar-refractivity contribution < 1.29 is 33.9 Å². The summed E-state index contributed by atoms with van der Waals surface area (Å²) in [4.78, 5) is 46.6. The maximum absolute atomic E-state index is 13.5. The molecule has 1 aromatic heterocycles. The van der Waals surface area contributed by atoms with Crippen LogP contribution < -0.4 is 24.6 Å². The van der Waals surface area contributed by atoms with Crippen molar-refractivity contribution in [2.24, 2.45) is 0 Å². The predicted molar refractivity (Wildman–Crippen MR) is 199 cm³/mol. The number of nitrogens with zero attached hydrogens (tertiary/aromatic N) is 5. The van der Waals surface area contributed by atoms with Gasteiger partial charge in [0.05, 0.1) is 22.6 Å². The third kappa shape index (κ3) is 6.33. The molecule has 270 valence electrons. The quantitative estimate of drug-likeness (QED) is 0.0770. The molecule has 5 aromatic rings. The highest BCUT2D eigenvalue weighted by atomic mass is 32.1. The number of aromatic nitrogens is 1. The Bertz CT molecular complexity index is 2270. The summed E-state index contributed by atoms with van der Waals surface area (Å²) in [5.74, 6) is 0.607. The first-order chi connectivity index (χ1) is 25.5. The fraction of sp³-hybridized carbons (Fsp3) is 0.282. The van der Waals surface area contributed by atoms with Crippen molar-refractivity contribution in [1.82, 2.24) is 10.3 Å². The van der Waals surface area contributed by atoms with Gasteiger partial charge in [-0.25, -0.2) is 15.0 Å². The SMILES string of the molecule is CN(C)c1ccc2c(c1)Oc1cc(N(C)C)ccc1C21OC(=O)c2ccc(C(=O)NCCCCCCOc3ccc4nc(C#N)sc4c3[N+](=O)O)cc21. The number of fused-ring (bicyclic) bond motifs is 7. The van der Waals surface area contributed by atoms with Crippen LogP contribution in [-0.4, -0.2) is 68.3 Å². The molecule has 1 amide bonds. The summed E-state index contributed by atoms with van der Waals surface area (Å²) in [6, 6.07) is 21.8. The van der Waals surface area contributed by atoms with Crippen LogP contribution in [0, 0.1) is 16.2 Å².